The standard InChI is InChI=1S/C25H34N2O3/c1-5-19(3)26-25(29)23(6-2)27(18-21-13-10-14-22(17-21)30-4)24(28)16-15-20-11-8-7-9-12-20/h7-14,17,19,23H,5-6,15-16,18H2,1-4H3,(H,26,29)/t19-,23+/m1/s1. The molecule has 0 bridgehead atoms. The molecule has 1 N–H and O–H groups in total. The molecule has 5 nitrogen and oxygen atoms in total. The van der Waals surface area contributed by atoms with Gasteiger partial charge in [-0.15, -0.1) is 0 Å². The van der Waals surface area contributed by atoms with Gasteiger partial charge in [0.2, 0.25) is 11.8 Å². The SMILES string of the molecule is CC[C@@H](C)NC(=O)[C@H](CC)N(Cc1cccc(OC)c1)C(=O)CCc1ccccc1. The number of benzene rings is 2. The van der Waals surface area contributed by atoms with Crippen molar-refractivity contribution in [2.24, 2.45) is 0 Å². The molecule has 0 saturated heterocycles. The van der Waals surface area contributed by atoms with Crippen LogP contribution in [0.25, 0.3) is 0 Å². The summed E-state index contributed by atoms with van der Waals surface area (Å²) < 4.78 is 5.32. The van der Waals surface area contributed by atoms with Gasteiger partial charge in [0.1, 0.15) is 11.8 Å². The Kier molecular flexibility index (Phi) is 9.39. The summed E-state index contributed by atoms with van der Waals surface area (Å²) in [4.78, 5) is 27.9. The van der Waals surface area contributed by atoms with Gasteiger partial charge in [-0.25, -0.2) is 0 Å². The van der Waals surface area contributed by atoms with E-state index < -0.39 is 6.04 Å². The second kappa shape index (κ2) is 12.0. The summed E-state index contributed by atoms with van der Waals surface area (Å²) in [6, 6.07) is 17.2. The number of carbonyl (C=O) groups excluding carboxylic acids is 2. The number of aryl methyl sites for hydroxylation is 1. The number of amides is 2. The zero-order valence-corrected chi connectivity index (χ0v) is 18.6. The first kappa shape index (κ1) is 23.5. The lowest BCUT2D eigenvalue weighted by Crippen LogP contribution is -2.50. The van der Waals surface area contributed by atoms with E-state index in [1.165, 1.54) is 0 Å². The zero-order chi connectivity index (χ0) is 21.9. The molecule has 2 rings (SSSR count). The molecular weight excluding hydrogens is 376 g/mol. The van der Waals surface area contributed by atoms with Crippen LogP contribution in [0.4, 0.5) is 0 Å². The molecule has 2 amide bonds. The number of nitrogens with one attached hydrogen (secondary N) is 1. The first-order chi connectivity index (χ1) is 14.5. The molecule has 0 aliphatic carbocycles. The van der Waals surface area contributed by atoms with E-state index in [1.807, 2.05) is 75.4 Å². The van der Waals surface area contributed by atoms with Crippen LogP contribution in [0.2, 0.25) is 0 Å². The van der Waals surface area contributed by atoms with Crippen LogP contribution >= 0.6 is 0 Å². The number of methoxy groups -OCH3 is 1. The lowest BCUT2D eigenvalue weighted by molar-refractivity contribution is -0.141. The second-order valence-electron chi connectivity index (χ2n) is 7.60. The Hall–Kier alpha value is -2.82. The zero-order valence-electron chi connectivity index (χ0n) is 18.6. The predicted molar refractivity (Wildman–Crippen MR) is 120 cm³/mol. The Bertz CT molecular complexity index is 807. The monoisotopic (exact) mass is 410 g/mol. The Morgan fingerprint density at radius 3 is 2.33 bits per heavy atom. The van der Waals surface area contributed by atoms with Gasteiger partial charge < -0.3 is 15.0 Å². The Morgan fingerprint density at radius 2 is 1.70 bits per heavy atom. The average Bonchev–Trinajstić information content (AvgIpc) is 2.78. The molecule has 162 valence electrons. The molecule has 0 aliphatic rings. The topological polar surface area (TPSA) is 58.6 Å². The third-order valence-corrected chi connectivity index (χ3v) is 5.34. The van der Waals surface area contributed by atoms with Crippen LogP contribution in [0.1, 0.15) is 51.2 Å². The lowest BCUT2D eigenvalue weighted by Gasteiger charge is -2.31. The Labute approximate surface area is 180 Å². The van der Waals surface area contributed by atoms with Gasteiger partial charge in [-0.2, -0.15) is 0 Å². The van der Waals surface area contributed by atoms with Gasteiger partial charge in [0.25, 0.3) is 0 Å². The molecule has 0 fully saturated rings. The molecule has 0 radical (unpaired) electrons. The van der Waals surface area contributed by atoms with Gasteiger partial charge >= 0.3 is 0 Å². The minimum Gasteiger partial charge on any atom is -0.497 e. The molecule has 0 aliphatic heterocycles. The van der Waals surface area contributed by atoms with E-state index in [1.54, 1.807) is 12.0 Å². The highest BCUT2D eigenvalue weighted by Gasteiger charge is 2.29. The van der Waals surface area contributed by atoms with Crippen LogP contribution in [0.3, 0.4) is 0 Å². The number of carbonyl (C=O) groups is 2. The maximum Gasteiger partial charge on any atom is 0.243 e. The van der Waals surface area contributed by atoms with Crippen LogP contribution < -0.4 is 10.1 Å². The van der Waals surface area contributed by atoms with Crippen molar-refractivity contribution in [2.45, 2.75) is 65.1 Å². The lowest BCUT2D eigenvalue weighted by atomic mass is 10.1. The molecule has 30 heavy (non-hydrogen) atoms. The molecule has 2 aromatic carbocycles. The summed E-state index contributed by atoms with van der Waals surface area (Å²) in [6.45, 7) is 6.33. The summed E-state index contributed by atoms with van der Waals surface area (Å²) >= 11 is 0. The largest absolute Gasteiger partial charge is 0.497 e. The van der Waals surface area contributed by atoms with Gasteiger partial charge in [-0.05, 0) is 49.4 Å². The Balaban J connectivity index is 2.22. The molecule has 0 unspecified atom stereocenters. The highest BCUT2D eigenvalue weighted by atomic mass is 16.5. The fraction of sp³-hybridized carbons (Fsp3) is 0.440. The van der Waals surface area contributed by atoms with Gasteiger partial charge in [-0.1, -0.05) is 56.3 Å². The second-order valence-corrected chi connectivity index (χ2v) is 7.60. The normalized spacial score (nSPS) is 12.7. The molecule has 0 aromatic heterocycles. The van der Waals surface area contributed by atoms with Crippen LogP contribution in [0.5, 0.6) is 5.75 Å². The van der Waals surface area contributed by atoms with Crippen molar-refractivity contribution >= 4 is 11.8 Å². The fourth-order valence-corrected chi connectivity index (χ4v) is 3.37. The smallest absolute Gasteiger partial charge is 0.243 e. The van der Waals surface area contributed by atoms with Crippen molar-refractivity contribution in [3.63, 3.8) is 0 Å². The fourth-order valence-electron chi connectivity index (χ4n) is 3.37. The highest BCUT2D eigenvalue weighted by molar-refractivity contribution is 5.87. The van der Waals surface area contributed by atoms with Crippen molar-refractivity contribution < 1.29 is 14.3 Å². The molecule has 2 atom stereocenters. The van der Waals surface area contributed by atoms with Crippen molar-refractivity contribution in [1.82, 2.24) is 10.2 Å². The Morgan fingerprint density at radius 1 is 1.00 bits per heavy atom. The third kappa shape index (κ3) is 6.90. The molecule has 0 heterocycles. The van der Waals surface area contributed by atoms with Crippen molar-refractivity contribution in [1.29, 1.82) is 0 Å². The first-order valence-corrected chi connectivity index (χ1v) is 10.7. The quantitative estimate of drug-likeness (QED) is 0.599. The van der Waals surface area contributed by atoms with Gasteiger partial charge in [-0.3, -0.25) is 9.59 Å². The van der Waals surface area contributed by atoms with E-state index >= 15 is 0 Å². The minimum atomic E-state index is -0.506. The molecule has 0 spiro atoms. The van der Waals surface area contributed by atoms with E-state index in [0.29, 0.717) is 25.8 Å². The summed E-state index contributed by atoms with van der Waals surface area (Å²) in [5, 5.41) is 3.04. The van der Waals surface area contributed by atoms with Crippen molar-refractivity contribution in [2.75, 3.05) is 7.11 Å². The summed E-state index contributed by atoms with van der Waals surface area (Å²) in [5.41, 5.74) is 2.06. The van der Waals surface area contributed by atoms with E-state index in [2.05, 4.69) is 5.32 Å². The van der Waals surface area contributed by atoms with E-state index in [9.17, 15) is 9.59 Å². The van der Waals surface area contributed by atoms with E-state index in [-0.39, 0.29) is 17.9 Å². The first-order valence-electron chi connectivity index (χ1n) is 10.7. The summed E-state index contributed by atoms with van der Waals surface area (Å²) in [6.07, 6.45) is 2.42. The summed E-state index contributed by atoms with van der Waals surface area (Å²) in [7, 11) is 1.62. The molecular formula is C25H34N2O3. The van der Waals surface area contributed by atoms with Gasteiger partial charge in [0, 0.05) is 19.0 Å². The average molecular weight is 411 g/mol. The number of hydrogen-bond donors (Lipinski definition) is 1. The third-order valence-electron chi connectivity index (χ3n) is 5.34. The summed E-state index contributed by atoms with van der Waals surface area (Å²) in [5.74, 6) is 0.622. The number of ether oxygens (including phenoxy) is 1. The van der Waals surface area contributed by atoms with Crippen LogP contribution in [-0.2, 0) is 22.6 Å². The molecule has 5 heteroatoms. The number of rotatable bonds is 11. The maximum atomic E-state index is 13.3. The number of hydrogen-bond acceptors (Lipinski definition) is 3. The minimum absolute atomic E-state index is 0.0205. The predicted octanol–water partition coefficient (Wildman–Crippen LogP) is 4.35. The van der Waals surface area contributed by atoms with Gasteiger partial charge in [0.05, 0.1) is 7.11 Å². The molecule has 0 saturated carbocycles. The maximum absolute atomic E-state index is 13.3. The van der Waals surface area contributed by atoms with E-state index in [0.717, 1.165) is 23.3 Å². The van der Waals surface area contributed by atoms with Crippen LogP contribution in [0.15, 0.2) is 54.6 Å². The van der Waals surface area contributed by atoms with Gasteiger partial charge in [0.15, 0.2) is 0 Å². The van der Waals surface area contributed by atoms with E-state index in [4.69, 9.17) is 4.74 Å². The van der Waals surface area contributed by atoms with Crippen LogP contribution in [0, 0.1) is 0 Å². The molecule has 2 aromatic rings. The highest BCUT2D eigenvalue weighted by Crippen LogP contribution is 2.19. The number of nitrogens with zero attached hydrogens (tertiary/aromatic N) is 1. The van der Waals surface area contributed by atoms with Crippen LogP contribution in [-0.4, -0.2) is 35.9 Å². The van der Waals surface area contributed by atoms with Crippen molar-refractivity contribution in [3.8, 4) is 5.75 Å². The van der Waals surface area contributed by atoms with Crippen molar-refractivity contribution in [3.05, 3.63) is 65.7 Å².